The molecule has 1 aromatic heterocycles. The number of hydrogen-bond acceptors (Lipinski definition) is 3. The first-order valence-electron chi connectivity index (χ1n) is 7.49. The summed E-state index contributed by atoms with van der Waals surface area (Å²) in [6, 6.07) is 14.9. The molecule has 0 bridgehead atoms. The maximum absolute atomic E-state index is 8.95. The number of fused-ring (bicyclic) bond motifs is 1. The largest absolute Gasteiger partial charge is 0.369 e. The molecular formula is C18H12Cl2N4. The Morgan fingerprint density at radius 2 is 1.92 bits per heavy atom. The third kappa shape index (κ3) is 2.43. The SMILES string of the molecule is N#Cc1ccc(-n2nc(-c3cc(Cl)ccc3Cl)c3c2NCC3)cc1. The van der Waals surface area contributed by atoms with Gasteiger partial charge in [-0.1, -0.05) is 23.2 Å². The predicted molar refractivity (Wildman–Crippen MR) is 95.9 cm³/mol. The number of anilines is 1. The van der Waals surface area contributed by atoms with Crippen molar-refractivity contribution in [2.45, 2.75) is 6.42 Å². The summed E-state index contributed by atoms with van der Waals surface area (Å²) in [7, 11) is 0. The molecule has 0 radical (unpaired) electrons. The summed E-state index contributed by atoms with van der Waals surface area (Å²) in [4.78, 5) is 0. The molecule has 0 aliphatic carbocycles. The smallest absolute Gasteiger partial charge is 0.133 e. The number of rotatable bonds is 2. The van der Waals surface area contributed by atoms with Crippen LogP contribution in [-0.2, 0) is 6.42 Å². The van der Waals surface area contributed by atoms with Crippen LogP contribution in [0, 0.1) is 11.3 Å². The lowest BCUT2D eigenvalue weighted by Gasteiger charge is -2.06. The molecule has 0 saturated heterocycles. The van der Waals surface area contributed by atoms with Gasteiger partial charge >= 0.3 is 0 Å². The van der Waals surface area contributed by atoms with Crippen LogP contribution in [0.1, 0.15) is 11.1 Å². The van der Waals surface area contributed by atoms with Gasteiger partial charge in [-0.15, -0.1) is 0 Å². The Bertz CT molecular complexity index is 968. The first-order valence-corrected chi connectivity index (χ1v) is 8.24. The van der Waals surface area contributed by atoms with Crippen LogP contribution in [0.3, 0.4) is 0 Å². The quantitative estimate of drug-likeness (QED) is 0.726. The molecule has 4 nitrogen and oxygen atoms in total. The van der Waals surface area contributed by atoms with Gasteiger partial charge in [0.05, 0.1) is 28.0 Å². The van der Waals surface area contributed by atoms with Crippen LogP contribution < -0.4 is 5.32 Å². The Balaban J connectivity index is 1.89. The minimum atomic E-state index is 0.619. The topological polar surface area (TPSA) is 53.6 Å². The molecule has 1 aliphatic rings. The Morgan fingerprint density at radius 1 is 1.12 bits per heavy atom. The molecule has 0 atom stereocenters. The summed E-state index contributed by atoms with van der Waals surface area (Å²) in [6.07, 6.45) is 0.879. The van der Waals surface area contributed by atoms with Gasteiger partial charge in [-0.3, -0.25) is 0 Å². The number of nitriles is 1. The molecular weight excluding hydrogens is 343 g/mol. The predicted octanol–water partition coefficient (Wildman–Crippen LogP) is 4.69. The van der Waals surface area contributed by atoms with Gasteiger partial charge in [0.25, 0.3) is 0 Å². The number of benzene rings is 2. The molecule has 0 amide bonds. The van der Waals surface area contributed by atoms with Gasteiger partial charge in [-0.25, -0.2) is 4.68 Å². The maximum atomic E-state index is 8.95. The van der Waals surface area contributed by atoms with E-state index < -0.39 is 0 Å². The number of hydrogen-bond donors (Lipinski definition) is 1. The maximum Gasteiger partial charge on any atom is 0.133 e. The van der Waals surface area contributed by atoms with Gasteiger partial charge in [-0.05, 0) is 48.9 Å². The van der Waals surface area contributed by atoms with Gasteiger partial charge in [0.2, 0.25) is 0 Å². The van der Waals surface area contributed by atoms with E-state index in [9.17, 15) is 0 Å². The van der Waals surface area contributed by atoms with Crippen LogP contribution in [0.25, 0.3) is 16.9 Å². The van der Waals surface area contributed by atoms with Crippen molar-refractivity contribution in [2.24, 2.45) is 0 Å². The number of nitrogens with one attached hydrogen (secondary N) is 1. The second kappa shape index (κ2) is 5.86. The van der Waals surface area contributed by atoms with Crippen LogP contribution in [0.15, 0.2) is 42.5 Å². The minimum Gasteiger partial charge on any atom is -0.369 e. The lowest BCUT2D eigenvalue weighted by Crippen LogP contribution is -2.04. The van der Waals surface area contributed by atoms with E-state index in [1.807, 2.05) is 22.9 Å². The average molecular weight is 355 g/mol. The van der Waals surface area contributed by atoms with E-state index in [1.54, 1.807) is 24.3 Å². The summed E-state index contributed by atoms with van der Waals surface area (Å²) in [5.41, 5.74) is 4.31. The summed E-state index contributed by atoms with van der Waals surface area (Å²) >= 11 is 12.5. The van der Waals surface area contributed by atoms with Crippen molar-refractivity contribution in [3.63, 3.8) is 0 Å². The van der Waals surface area contributed by atoms with Crippen molar-refractivity contribution in [1.82, 2.24) is 9.78 Å². The van der Waals surface area contributed by atoms with Gasteiger partial charge in [0.15, 0.2) is 0 Å². The number of aromatic nitrogens is 2. The van der Waals surface area contributed by atoms with Gasteiger partial charge < -0.3 is 5.32 Å². The zero-order valence-electron chi connectivity index (χ0n) is 12.6. The first kappa shape index (κ1) is 15.1. The van der Waals surface area contributed by atoms with Crippen molar-refractivity contribution in [1.29, 1.82) is 5.26 Å². The molecule has 6 heteroatoms. The molecule has 118 valence electrons. The highest BCUT2D eigenvalue weighted by Crippen LogP contribution is 2.38. The molecule has 1 aliphatic heterocycles. The molecule has 4 rings (SSSR count). The fraction of sp³-hybridized carbons (Fsp3) is 0.111. The molecule has 2 heterocycles. The van der Waals surface area contributed by atoms with E-state index in [0.717, 1.165) is 41.3 Å². The highest BCUT2D eigenvalue weighted by atomic mass is 35.5. The van der Waals surface area contributed by atoms with E-state index in [1.165, 1.54) is 0 Å². The summed E-state index contributed by atoms with van der Waals surface area (Å²) in [6.45, 7) is 0.856. The molecule has 3 aromatic rings. The second-order valence-corrected chi connectivity index (χ2v) is 6.39. The van der Waals surface area contributed by atoms with Crippen molar-refractivity contribution < 1.29 is 0 Å². The standard InChI is InChI=1S/C18H12Cl2N4/c19-12-3-6-16(20)15(9-12)17-14-7-8-22-18(14)24(23-17)13-4-1-11(10-21)2-5-13/h1-6,9,22H,7-8H2. The monoisotopic (exact) mass is 354 g/mol. The average Bonchev–Trinajstić information content (AvgIpc) is 3.20. The number of halogens is 2. The van der Waals surface area contributed by atoms with Crippen molar-refractivity contribution in [3.05, 3.63) is 63.6 Å². The normalized spacial score (nSPS) is 12.5. The van der Waals surface area contributed by atoms with Crippen LogP contribution in [0.2, 0.25) is 10.0 Å². The molecule has 0 fully saturated rings. The first-order chi connectivity index (χ1) is 11.7. The van der Waals surface area contributed by atoms with Crippen molar-refractivity contribution in [3.8, 4) is 23.0 Å². The van der Waals surface area contributed by atoms with E-state index in [4.69, 9.17) is 33.6 Å². The zero-order chi connectivity index (χ0) is 16.7. The molecule has 2 aromatic carbocycles. The Kier molecular flexibility index (Phi) is 3.68. The molecule has 1 N–H and O–H groups in total. The van der Waals surface area contributed by atoms with E-state index in [-0.39, 0.29) is 0 Å². The lowest BCUT2D eigenvalue weighted by atomic mass is 10.1. The Morgan fingerprint density at radius 3 is 2.67 bits per heavy atom. The lowest BCUT2D eigenvalue weighted by molar-refractivity contribution is 0.882. The zero-order valence-corrected chi connectivity index (χ0v) is 14.1. The van der Waals surface area contributed by atoms with Gasteiger partial charge in [0.1, 0.15) is 5.82 Å². The van der Waals surface area contributed by atoms with Crippen molar-refractivity contribution >= 4 is 29.0 Å². The highest BCUT2D eigenvalue weighted by Gasteiger charge is 2.25. The van der Waals surface area contributed by atoms with Crippen LogP contribution in [0.4, 0.5) is 5.82 Å². The molecule has 0 saturated carbocycles. The van der Waals surface area contributed by atoms with E-state index in [2.05, 4.69) is 11.4 Å². The van der Waals surface area contributed by atoms with Crippen LogP contribution >= 0.6 is 23.2 Å². The number of nitrogens with zero attached hydrogens (tertiary/aromatic N) is 3. The molecule has 24 heavy (non-hydrogen) atoms. The second-order valence-electron chi connectivity index (χ2n) is 5.55. The highest BCUT2D eigenvalue weighted by molar-refractivity contribution is 6.35. The Labute approximate surface area is 149 Å². The molecule has 0 unspecified atom stereocenters. The summed E-state index contributed by atoms with van der Waals surface area (Å²) in [5, 5.41) is 18.3. The van der Waals surface area contributed by atoms with Gasteiger partial charge in [-0.2, -0.15) is 10.4 Å². The summed E-state index contributed by atoms with van der Waals surface area (Å²) < 4.78 is 1.86. The Hall–Kier alpha value is -2.48. The fourth-order valence-corrected chi connectivity index (χ4v) is 3.31. The van der Waals surface area contributed by atoms with Crippen LogP contribution in [0.5, 0.6) is 0 Å². The van der Waals surface area contributed by atoms with Crippen LogP contribution in [-0.4, -0.2) is 16.3 Å². The third-order valence-corrected chi connectivity index (χ3v) is 4.64. The van der Waals surface area contributed by atoms with E-state index in [0.29, 0.717) is 15.6 Å². The van der Waals surface area contributed by atoms with E-state index >= 15 is 0 Å². The van der Waals surface area contributed by atoms with Gasteiger partial charge in [0, 0.05) is 22.7 Å². The molecule has 0 spiro atoms. The minimum absolute atomic E-state index is 0.619. The fourth-order valence-electron chi connectivity index (χ4n) is 2.93. The third-order valence-electron chi connectivity index (χ3n) is 4.08. The van der Waals surface area contributed by atoms with Crippen molar-refractivity contribution in [2.75, 3.05) is 11.9 Å². The summed E-state index contributed by atoms with van der Waals surface area (Å²) in [5.74, 6) is 0.964.